The molecule has 0 heterocycles. The highest BCUT2D eigenvalue weighted by Gasteiger charge is 1.98. The third-order valence-corrected chi connectivity index (χ3v) is 1.09. The van der Waals surface area contributed by atoms with E-state index in [2.05, 4.69) is 12.2 Å². The quantitative estimate of drug-likeness (QED) is 0.531. The zero-order valence-electron chi connectivity index (χ0n) is 4.47. The van der Waals surface area contributed by atoms with Crippen LogP contribution < -0.4 is 5.73 Å². The molecule has 0 aromatic rings. The van der Waals surface area contributed by atoms with Crippen LogP contribution in [-0.2, 0) is 4.74 Å². The van der Waals surface area contributed by atoms with Gasteiger partial charge in [-0.25, -0.2) is 0 Å². The summed E-state index contributed by atoms with van der Waals surface area (Å²) in [6.45, 7) is 1.81. The van der Waals surface area contributed by atoms with Gasteiger partial charge in [0.15, 0.2) is 0 Å². The standard InChI is InChI=1S/C4H9NOS/c1-3(6-2)4(5)7/h3H,1-2H3,(H2,5,7)/t3-/m1/s1. The molecule has 0 aliphatic carbocycles. The van der Waals surface area contributed by atoms with E-state index in [0.29, 0.717) is 4.99 Å². The molecule has 0 aliphatic rings. The molecule has 2 nitrogen and oxygen atoms in total. The summed E-state index contributed by atoms with van der Waals surface area (Å²) in [4.78, 5) is 0.405. The van der Waals surface area contributed by atoms with Gasteiger partial charge in [-0.1, -0.05) is 12.2 Å². The van der Waals surface area contributed by atoms with Crippen molar-refractivity contribution in [1.82, 2.24) is 0 Å². The van der Waals surface area contributed by atoms with Crippen molar-refractivity contribution in [1.29, 1.82) is 0 Å². The molecule has 0 radical (unpaired) electrons. The minimum absolute atomic E-state index is 0.0880. The van der Waals surface area contributed by atoms with E-state index in [0.717, 1.165) is 0 Å². The Hall–Kier alpha value is -0.150. The van der Waals surface area contributed by atoms with Crippen LogP contribution in [0.2, 0.25) is 0 Å². The Morgan fingerprint density at radius 1 is 1.86 bits per heavy atom. The van der Waals surface area contributed by atoms with Gasteiger partial charge in [0.2, 0.25) is 0 Å². The van der Waals surface area contributed by atoms with Gasteiger partial charge in [-0.05, 0) is 6.92 Å². The maximum absolute atomic E-state index is 5.15. The van der Waals surface area contributed by atoms with E-state index in [9.17, 15) is 0 Å². The van der Waals surface area contributed by atoms with Gasteiger partial charge in [0.25, 0.3) is 0 Å². The summed E-state index contributed by atoms with van der Waals surface area (Å²) in [6.07, 6.45) is -0.0880. The van der Waals surface area contributed by atoms with Gasteiger partial charge < -0.3 is 10.5 Å². The second-order valence-electron chi connectivity index (χ2n) is 1.28. The van der Waals surface area contributed by atoms with E-state index in [1.165, 1.54) is 0 Å². The van der Waals surface area contributed by atoms with Crippen molar-refractivity contribution < 1.29 is 4.74 Å². The largest absolute Gasteiger partial charge is 0.391 e. The average molecular weight is 119 g/mol. The van der Waals surface area contributed by atoms with Crippen LogP contribution in [0.4, 0.5) is 0 Å². The molecule has 0 unspecified atom stereocenters. The maximum Gasteiger partial charge on any atom is 0.104 e. The minimum Gasteiger partial charge on any atom is -0.391 e. The lowest BCUT2D eigenvalue weighted by molar-refractivity contribution is 0.171. The number of rotatable bonds is 2. The van der Waals surface area contributed by atoms with Crippen molar-refractivity contribution in [2.45, 2.75) is 13.0 Å². The fourth-order valence-electron chi connectivity index (χ4n) is 0.116. The topological polar surface area (TPSA) is 35.2 Å². The Morgan fingerprint density at radius 3 is 2.29 bits per heavy atom. The first kappa shape index (κ1) is 6.85. The van der Waals surface area contributed by atoms with Gasteiger partial charge in [-0.2, -0.15) is 0 Å². The number of thiocarbonyl (C=S) groups is 1. The lowest BCUT2D eigenvalue weighted by Crippen LogP contribution is -2.24. The number of hydrogen-bond donors (Lipinski definition) is 1. The summed E-state index contributed by atoms with van der Waals surface area (Å²) in [5.41, 5.74) is 5.15. The van der Waals surface area contributed by atoms with E-state index < -0.39 is 0 Å². The number of hydrogen-bond acceptors (Lipinski definition) is 2. The zero-order chi connectivity index (χ0) is 5.86. The van der Waals surface area contributed by atoms with Gasteiger partial charge >= 0.3 is 0 Å². The Balaban J connectivity index is 3.34. The average Bonchev–Trinajstić information content (AvgIpc) is 1.65. The van der Waals surface area contributed by atoms with Crippen LogP contribution in [-0.4, -0.2) is 18.2 Å². The second-order valence-corrected chi connectivity index (χ2v) is 1.75. The van der Waals surface area contributed by atoms with Crippen molar-refractivity contribution in [3.05, 3.63) is 0 Å². The summed E-state index contributed by atoms with van der Waals surface area (Å²) in [5, 5.41) is 0. The van der Waals surface area contributed by atoms with Crippen molar-refractivity contribution in [2.24, 2.45) is 5.73 Å². The van der Waals surface area contributed by atoms with Gasteiger partial charge in [0.05, 0.1) is 0 Å². The van der Waals surface area contributed by atoms with Crippen LogP contribution >= 0.6 is 12.2 Å². The van der Waals surface area contributed by atoms with Gasteiger partial charge in [-0.3, -0.25) is 0 Å². The van der Waals surface area contributed by atoms with Crippen LogP contribution in [0.3, 0.4) is 0 Å². The van der Waals surface area contributed by atoms with Crippen molar-refractivity contribution in [3.8, 4) is 0 Å². The summed E-state index contributed by atoms with van der Waals surface area (Å²) in [6, 6.07) is 0. The van der Waals surface area contributed by atoms with Crippen LogP contribution in [0.5, 0.6) is 0 Å². The second kappa shape index (κ2) is 2.93. The van der Waals surface area contributed by atoms with E-state index in [1.807, 2.05) is 6.92 Å². The molecular weight excluding hydrogens is 110 g/mol. The summed E-state index contributed by atoms with van der Waals surface area (Å²) >= 11 is 4.57. The molecule has 0 rings (SSSR count). The molecule has 0 aliphatic heterocycles. The van der Waals surface area contributed by atoms with E-state index >= 15 is 0 Å². The highest BCUT2D eigenvalue weighted by atomic mass is 32.1. The fraction of sp³-hybridized carbons (Fsp3) is 0.750. The molecule has 0 saturated heterocycles. The molecule has 0 spiro atoms. The summed E-state index contributed by atoms with van der Waals surface area (Å²) in [5.74, 6) is 0. The Labute approximate surface area is 48.6 Å². The monoisotopic (exact) mass is 119 g/mol. The SMILES string of the molecule is CO[C@H](C)C(N)=S. The minimum atomic E-state index is -0.0880. The predicted octanol–water partition coefficient (Wildman–Crippen LogP) is 0.307. The predicted molar refractivity (Wildman–Crippen MR) is 33.3 cm³/mol. The highest BCUT2D eigenvalue weighted by Crippen LogP contribution is 1.84. The molecule has 0 saturated carbocycles. The van der Waals surface area contributed by atoms with E-state index in [4.69, 9.17) is 10.5 Å². The summed E-state index contributed by atoms with van der Waals surface area (Å²) in [7, 11) is 1.57. The van der Waals surface area contributed by atoms with Crippen molar-refractivity contribution in [2.75, 3.05) is 7.11 Å². The Kier molecular flexibility index (Phi) is 2.87. The lowest BCUT2D eigenvalue weighted by atomic mass is 10.4. The first-order valence-corrected chi connectivity index (χ1v) is 2.41. The molecule has 2 N–H and O–H groups in total. The first-order valence-electron chi connectivity index (χ1n) is 2.00. The molecule has 0 bridgehead atoms. The first-order chi connectivity index (χ1) is 3.18. The van der Waals surface area contributed by atoms with Crippen LogP contribution in [0, 0.1) is 0 Å². The molecule has 0 aromatic carbocycles. The Morgan fingerprint density at radius 2 is 2.29 bits per heavy atom. The smallest absolute Gasteiger partial charge is 0.104 e. The van der Waals surface area contributed by atoms with Gasteiger partial charge in [0.1, 0.15) is 11.1 Å². The molecule has 3 heteroatoms. The molecule has 0 fully saturated rings. The molecular formula is C4H9NOS. The van der Waals surface area contributed by atoms with Crippen molar-refractivity contribution >= 4 is 17.2 Å². The van der Waals surface area contributed by atoms with Crippen LogP contribution in [0.1, 0.15) is 6.92 Å². The molecule has 42 valence electrons. The zero-order valence-corrected chi connectivity index (χ0v) is 5.29. The highest BCUT2D eigenvalue weighted by molar-refractivity contribution is 7.80. The van der Waals surface area contributed by atoms with Gasteiger partial charge in [0, 0.05) is 7.11 Å². The van der Waals surface area contributed by atoms with E-state index in [1.54, 1.807) is 7.11 Å². The van der Waals surface area contributed by atoms with E-state index in [-0.39, 0.29) is 6.10 Å². The number of ether oxygens (including phenoxy) is 1. The fourth-order valence-corrected chi connectivity index (χ4v) is 0.212. The third-order valence-electron chi connectivity index (χ3n) is 0.754. The maximum atomic E-state index is 5.15. The molecule has 1 atom stereocenters. The normalized spacial score (nSPS) is 13.4. The van der Waals surface area contributed by atoms with Crippen molar-refractivity contribution in [3.63, 3.8) is 0 Å². The number of methoxy groups -OCH3 is 1. The van der Waals surface area contributed by atoms with Crippen LogP contribution in [0.25, 0.3) is 0 Å². The molecule has 0 aromatic heterocycles. The molecule has 7 heavy (non-hydrogen) atoms. The molecule has 0 amide bonds. The third kappa shape index (κ3) is 2.53. The van der Waals surface area contributed by atoms with Crippen LogP contribution in [0.15, 0.2) is 0 Å². The summed E-state index contributed by atoms with van der Waals surface area (Å²) < 4.78 is 4.75. The number of nitrogens with two attached hydrogens (primary N) is 1. The van der Waals surface area contributed by atoms with Gasteiger partial charge in [-0.15, -0.1) is 0 Å². The lowest BCUT2D eigenvalue weighted by Gasteiger charge is -2.03. The Bertz CT molecular complexity index is 74.1.